The van der Waals surface area contributed by atoms with Gasteiger partial charge in [0.15, 0.2) is 0 Å². The number of rotatable bonds is 4. The molecule has 0 amide bonds. The van der Waals surface area contributed by atoms with Crippen LogP contribution in [0.3, 0.4) is 0 Å². The molecule has 1 aromatic carbocycles. The Morgan fingerprint density at radius 3 is 2.73 bits per heavy atom. The van der Waals surface area contributed by atoms with Crippen molar-refractivity contribution in [2.24, 2.45) is 0 Å². The Bertz CT molecular complexity index is 360. The fourth-order valence-corrected chi connectivity index (χ4v) is 1.81. The third-order valence-electron chi connectivity index (χ3n) is 2.79. The normalized spacial score (nSPS) is 12.1. The Labute approximate surface area is 92.9 Å². The Morgan fingerprint density at radius 1 is 1.40 bits per heavy atom. The predicted octanol–water partition coefficient (Wildman–Crippen LogP) is 2.98. The fourth-order valence-electron chi connectivity index (χ4n) is 1.81. The van der Waals surface area contributed by atoms with Crippen LogP contribution in [0.4, 0.5) is 0 Å². The SMILES string of the molecule is C#CCC(NCC)c1cccc(C)c1C. The minimum atomic E-state index is 0.292. The molecular formula is C14H19N. The van der Waals surface area contributed by atoms with Crippen molar-refractivity contribution in [1.29, 1.82) is 0 Å². The second kappa shape index (κ2) is 5.58. The van der Waals surface area contributed by atoms with E-state index in [9.17, 15) is 0 Å². The van der Waals surface area contributed by atoms with E-state index in [0.29, 0.717) is 6.04 Å². The molecule has 0 bridgehead atoms. The van der Waals surface area contributed by atoms with E-state index in [4.69, 9.17) is 6.42 Å². The minimum absolute atomic E-state index is 0.292. The van der Waals surface area contributed by atoms with Gasteiger partial charge in [-0.3, -0.25) is 0 Å². The summed E-state index contributed by atoms with van der Waals surface area (Å²) in [4.78, 5) is 0. The van der Waals surface area contributed by atoms with Crippen LogP contribution in [0.15, 0.2) is 18.2 Å². The van der Waals surface area contributed by atoms with Gasteiger partial charge in [-0.1, -0.05) is 25.1 Å². The van der Waals surface area contributed by atoms with Crippen LogP contribution < -0.4 is 5.32 Å². The molecule has 0 aliphatic carbocycles. The van der Waals surface area contributed by atoms with Crippen molar-refractivity contribution < 1.29 is 0 Å². The molecule has 0 saturated heterocycles. The Hall–Kier alpha value is -1.26. The predicted molar refractivity (Wildman–Crippen MR) is 65.8 cm³/mol. The molecule has 1 heteroatoms. The summed E-state index contributed by atoms with van der Waals surface area (Å²) in [6.45, 7) is 7.34. The van der Waals surface area contributed by atoms with Gasteiger partial charge in [0.25, 0.3) is 0 Å². The quantitative estimate of drug-likeness (QED) is 0.738. The third-order valence-corrected chi connectivity index (χ3v) is 2.79. The zero-order valence-electron chi connectivity index (χ0n) is 9.80. The molecule has 1 nitrogen and oxygen atoms in total. The highest BCUT2D eigenvalue weighted by Crippen LogP contribution is 2.22. The van der Waals surface area contributed by atoms with E-state index in [0.717, 1.165) is 13.0 Å². The molecule has 0 aliphatic heterocycles. The summed E-state index contributed by atoms with van der Waals surface area (Å²) < 4.78 is 0. The van der Waals surface area contributed by atoms with Crippen molar-refractivity contribution in [2.45, 2.75) is 33.2 Å². The summed E-state index contributed by atoms with van der Waals surface area (Å²) in [6, 6.07) is 6.68. The average Bonchev–Trinajstić information content (AvgIpc) is 2.22. The van der Waals surface area contributed by atoms with Crippen LogP contribution in [0.5, 0.6) is 0 Å². The topological polar surface area (TPSA) is 12.0 Å². The average molecular weight is 201 g/mol. The van der Waals surface area contributed by atoms with Gasteiger partial charge in [-0.05, 0) is 37.1 Å². The molecule has 80 valence electrons. The molecular weight excluding hydrogens is 182 g/mol. The maximum atomic E-state index is 5.40. The van der Waals surface area contributed by atoms with Gasteiger partial charge in [-0.25, -0.2) is 0 Å². The maximum Gasteiger partial charge on any atom is 0.0433 e. The van der Waals surface area contributed by atoms with Crippen LogP contribution >= 0.6 is 0 Å². The highest BCUT2D eigenvalue weighted by atomic mass is 14.9. The number of nitrogens with one attached hydrogen (secondary N) is 1. The molecule has 0 aromatic heterocycles. The van der Waals surface area contributed by atoms with Crippen LogP contribution in [-0.4, -0.2) is 6.54 Å². The van der Waals surface area contributed by atoms with E-state index in [2.05, 4.69) is 50.2 Å². The third kappa shape index (κ3) is 2.84. The Kier molecular flexibility index (Phi) is 4.39. The summed E-state index contributed by atoms with van der Waals surface area (Å²) in [7, 11) is 0. The van der Waals surface area contributed by atoms with Crippen molar-refractivity contribution >= 4 is 0 Å². The number of hydrogen-bond acceptors (Lipinski definition) is 1. The largest absolute Gasteiger partial charge is 0.309 e. The van der Waals surface area contributed by atoms with Crippen molar-refractivity contribution in [1.82, 2.24) is 5.32 Å². The molecule has 1 atom stereocenters. The highest BCUT2D eigenvalue weighted by molar-refractivity contribution is 5.35. The molecule has 1 N–H and O–H groups in total. The zero-order chi connectivity index (χ0) is 11.3. The number of aryl methyl sites for hydroxylation is 1. The van der Waals surface area contributed by atoms with Crippen molar-refractivity contribution in [2.75, 3.05) is 6.54 Å². The lowest BCUT2D eigenvalue weighted by Gasteiger charge is -2.19. The molecule has 1 rings (SSSR count). The van der Waals surface area contributed by atoms with Crippen LogP contribution in [0.2, 0.25) is 0 Å². The van der Waals surface area contributed by atoms with Gasteiger partial charge >= 0.3 is 0 Å². The standard InChI is InChI=1S/C14H19N/c1-5-8-14(15-6-2)13-10-7-9-11(3)12(13)4/h1,7,9-10,14-15H,6,8H2,2-4H3. The molecule has 0 fully saturated rings. The first-order valence-electron chi connectivity index (χ1n) is 5.43. The van der Waals surface area contributed by atoms with E-state index in [1.807, 2.05) is 0 Å². The molecule has 0 heterocycles. The fraction of sp³-hybridized carbons (Fsp3) is 0.429. The molecule has 0 radical (unpaired) electrons. The van der Waals surface area contributed by atoms with Crippen molar-refractivity contribution in [3.05, 3.63) is 34.9 Å². The van der Waals surface area contributed by atoms with Gasteiger partial charge in [0.2, 0.25) is 0 Å². The van der Waals surface area contributed by atoms with Gasteiger partial charge in [-0.2, -0.15) is 0 Å². The van der Waals surface area contributed by atoms with E-state index in [1.54, 1.807) is 0 Å². The highest BCUT2D eigenvalue weighted by Gasteiger charge is 2.11. The number of terminal acetylenes is 1. The maximum absolute atomic E-state index is 5.40. The Morgan fingerprint density at radius 2 is 2.13 bits per heavy atom. The summed E-state index contributed by atoms with van der Waals surface area (Å²) in [5.74, 6) is 2.74. The summed E-state index contributed by atoms with van der Waals surface area (Å²) >= 11 is 0. The van der Waals surface area contributed by atoms with Crippen LogP contribution in [0.1, 0.15) is 36.1 Å². The molecule has 0 spiro atoms. The van der Waals surface area contributed by atoms with E-state index < -0.39 is 0 Å². The first-order valence-corrected chi connectivity index (χ1v) is 5.43. The van der Waals surface area contributed by atoms with Gasteiger partial charge in [0.05, 0.1) is 0 Å². The lowest BCUT2D eigenvalue weighted by molar-refractivity contribution is 0.562. The van der Waals surface area contributed by atoms with Crippen LogP contribution in [0, 0.1) is 26.2 Å². The molecule has 0 aliphatic rings. The van der Waals surface area contributed by atoms with Crippen molar-refractivity contribution in [3.63, 3.8) is 0 Å². The summed E-state index contributed by atoms with van der Waals surface area (Å²) in [5.41, 5.74) is 4.00. The lowest BCUT2D eigenvalue weighted by atomic mass is 9.96. The van der Waals surface area contributed by atoms with Gasteiger partial charge in [0, 0.05) is 12.5 Å². The van der Waals surface area contributed by atoms with Crippen LogP contribution in [0.25, 0.3) is 0 Å². The minimum Gasteiger partial charge on any atom is -0.309 e. The first-order chi connectivity index (χ1) is 7.20. The van der Waals surface area contributed by atoms with Gasteiger partial charge in [-0.15, -0.1) is 12.3 Å². The second-order valence-corrected chi connectivity index (χ2v) is 3.81. The molecule has 0 saturated carbocycles. The molecule has 1 aromatic rings. The van der Waals surface area contributed by atoms with Crippen LogP contribution in [-0.2, 0) is 0 Å². The lowest BCUT2D eigenvalue weighted by Crippen LogP contribution is -2.21. The van der Waals surface area contributed by atoms with E-state index in [-0.39, 0.29) is 0 Å². The number of hydrogen-bond donors (Lipinski definition) is 1. The summed E-state index contributed by atoms with van der Waals surface area (Å²) in [6.07, 6.45) is 6.14. The number of benzene rings is 1. The van der Waals surface area contributed by atoms with Gasteiger partial charge in [0.1, 0.15) is 0 Å². The van der Waals surface area contributed by atoms with Gasteiger partial charge < -0.3 is 5.32 Å². The van der Waals surface area contributed by atoms with Crippen molar-refractivity contribution in [3.8, 4) is 12.3 Å². The summed E-state index contributed by atoms with van der Waals surface area (Å²) in [5, 5.41) is 3.43. The first kappa shape index (κ1) is 11.8. The smallest absolute Gasteiger partial charge is 0.0433 e. The Balaban J connectivity index is 3.00. The zero-order valence-corrected chi connectivity index (χ0v) is 9.80. The second-order valence-electron chi connectivity index (χ2n) is 3.81. The monoisotopic (exact) mass is 201 g/mol. The molecule has 15 heavy (non-hydrogen) atoms. The molecule has 1 unspecified atom stereocenters. The van der Waals surface area contributed by atoms with E-state index >= 15 is 0 Å². The van der Waals surface area contributed by atoms with E-state index in [1.165, 1.54) is 16.7 Å².